The topological polar surface area (TPSA) is 84.6 Å². The number of anilines is 1. The van der Waals surface area contributed by atoms with Gasteiger partial charge in [-0.05, 0) is 18.1 Å². The fraction of sp³-hybridized carbons (Fsp3) is 0.462. The summed E-state index contributed by atoms with van der Waals surface area (Å²) in [4.78, 5) is 12.0. The molecule has 1 rings (SSSR count). The third kappa shape index (κ3) is 3.13. The molecule has 0 aromatic heterocycles. The van der Waals surface area contributed by atoms with E-state index in [0.717, 1.165) is 0 Å². The number of aliphatic hydroxyl groups is 1. The van der Waals surface area contributed by atoms with E-state index < -0.39 is 0 Å². The Morgan fingerprint density at radius 2 is 2.17 bits per heavy atom. The molecular weight excluding hydrogens is 232 g/mol. The van der Waals surface area contributed by atoms with E-state index in [2.05, 4.69) is 5.32 Å². The predicted octanol–water partition coefficient (Wildman–Crippen LogP) is 1.02. The molecule has 0 saturated carbocycles. The highest BCUT2D eigenvalue weighted by molar-refractivity contribution is 6.00. The molecule has 0 radical (unpaired) electrons. The number of hydrogen-bond donors (Lipinski definition) is 3. The van der Waals surface area contributed by atoms with Gasteiger partial charge in [0.15, 0.2) is 0 Å². The van der Waals surface area contributed by atoms with Gasteiger partial charge in [-0.1, -0.05) is 19.9 Å². The molecule has 0 aliphatic carbocycles. The summed E-state index contributed by atoms with van der Waals surface area (Å²) in [7, 11) is 1.50. The van der Waals surface area contributed by atoms with Gasteiger partial charge in [-0.2, -0.15) is 0 Å². The van der Waals surface area contributed by atoms with Crippen molar-refractivity contribution < 1.29 is 14.6 Å². The van der Waals surface area contributed by atoms with Gasteiger partial charge >= 0.3 is 0 Å². The number of methoxy groups -OCH3 is 1. The maximum absolute atomic E-state index is 12.0. The van der Waals surface area contributed by atoms with Crippen molar-refractivity contribution in [2.45, 2.75) is 19.9 Å². The van der Waals surface area contributed by atoms with Crippen LogP contribution in [0.2, 0.25) is 0 Å². The van der Waals surface area contributed by atoms with E-state index in [1.54, 1.807) is 18.2 Å². The second-order valence-corrected chi connectivity index (χ2v) is 4.43. The first-order valence-electron chi connectivity index (χ1n) is 5.85. The first-order chi connectivity index (χ1) is 8.51. The average molecular weight is 252 g/mol. The van der Waals surface area contributed by atoms with Gasteiger partial charge in [0.1, 0.15) is 5.75 Å². The van der Waals surface area contributed by atoms with E-state index in [9.17, 15) is 9.90 Å². The summed E-state index contributed by atoms with van der Waals surface area (Å²) in [6, 6.07) is 4.73. The SMILES string of the molecule is COc1cccc(C(=O)N[C@H](CO)C(C)C)c1N. The number of carbonyl (C=O) groups excluding carboxylic acids is 1. The summed E-state index contributed by atoms with van der Waals surface area (Å²) in [5, 5.41) is 11.9. The molecule has 0 aliphatic rings. The monoisotopic (exact) mass is 252 g/mol. The highest BCUT2D eigenvalue weighted by atomic mass is 16.5. The number of carbonyl (C=O) groups is 1. The van der Waals surface area contributed by atoms with Crippen LogP contribution in [0.1, 0.15) is 24.2 Å². The molecule has 0 heterocycles. The van der Waals surface area contributed by atoms with E-state index in [1.165, 1.54) is 7.11 Å². The van der Waals surface area contributed by atoms with E-state index in [0.29, 0.717) is 17.0 Å². The number of amides is 1. The van der Waals surface area contributed by atoms with Crippen LogP contribution in [0.15, 0.2) is 18.2 Å². The Balaban J connectivity index is 2.91. The van der Waals surface area contributed by atoms with Crippen LogP contribution in [-0.2, 0) is 0 Å². The summed E-state index contributed by atoms with van der Waals surface area (Å²) >= 11 is 0. The fourth-order valence-corrected chi connectivity index (χ4v) is 1.59. The lowest BCUT2D eigenvalue weighted by molar-refractivity contribution is 0.0897. The highest BCUT2D eigenvalue weighted by Gasteiger charge is 2.18. The number of rotatable bonds is 5. The minimum Gasteiger partial charge on any atom is -0.495 e. The Morgan fingerprint density at radius 3 is 2.67 bits per heavy atom. The zero-order valence-electron chi connectivity index (χ0n) is 10.9. The highest BCUT2D eigenvalue weighted by Crippen LogP contribution is 2.24. The molecule has 1 amide bonds. The molecule has 5 nitrogen and oxygen atoms in total. The molecule has 0 spiro atoms. The van der Waals surface area contributed by atoms with Gasteiger partial charge in [0.25, 0.3) is 5.91 Å². The molecule has 0 saturated heterocycles. The zero-order valence-corrected chi connectivity index (χ0v) is 10.9. The fourth-order valence-electron chi connectivity index (χ4n) is 1.59. The van der Waals surface area contributed by atoms with Gasteiger partial charge < -0.3 is 20.9 Å². The molecule has 1 aromatic carbocycles. The summed E-state index contributed by atoms with van der Waals surface area (Å²) < 4.78 is 5.06. The average Bonchev–Trinajstić information content (AvgIpc) is 2.35. The van der Waals surface area contributed by atoms with E-state index in [1.807, 2.05) is 13.8 Å². The number of nitrogens with one attached hydrogen (secondary N) is 1. The van der Waals surface area contributed by atoms with Crippen LogP contribution in [0.3, 0.4) is 0 Å². The molecule has 100 valence electrons. The maximum atomic E-state index is 12.0. The Bertz CT molecular complexity index is 419. The Kier molecular flexibility index (Phi) is 4.97. The lowest BCUT2D eigenvalue weighted by Crippen LogP contribution is -2.41. The second-order valence-electron chi connectivity index (χ2n) is 4.43. The van der Waals surface area contributed by atoms with Crippen LogP contribution >= 0.6 is 0 Å². The van der Waals surface area contributed by atoms with Gasteiger partial charge in [-0.15, -0.1) is 0 Å². The lowest BCUT2D eigenvalue weighted by Gasteiger charge is -2.20. The minimum absolute atomic E-state index is 0.104. The smallest absolute Gasteiger partial charge is 0.253 e. The largest absolute Gasteiger partial charge is 0.495 e. The van der Waals surface area contributed by atoms with Crippen molar-refractivity contribution in [1.29, 1.82) is 0 Å². The summed E-state index contributed by atoms with van der Waals surface area (Å²) in [6.45, 7) is 3.75. The van der Waals surface area contributed by atoms with E-state index in [-0.39, 0.29) is 24.5 Å². The first kappa shape index (κ1) is 14.3. The number of ether oxygens (including phenoxy) is 1. The lowest BCUT2D eigenvalue weighted by atomic mass is 10.0. The quantitative estimate of drug-likeness (QED) is 0.683. The van der Waals surface area contributed by atoms with Crippen LogP contribution < -0.4 is 15.8 Å². The molecule has 18 heavy (non-hydrogen) atoms. The number of aliphatic hydroxyl groups excluding tert-OH is 1. The molecule has 5 heteroatoms. The standard InChI is InChI=1S/C13H20N2O3/c1-8(2)10(7-16)15-13(17)9-5-4-6-11(18-3)12(9)14/h4-6,8,10,16H,7,14H2,1-3H3,(H,15,17)/t10-/m1/s1. The van der Waals surface area contributed by atoms with Crippen molar-refractivity contribution in [3.8, 4) is 5.75 Å². The second kappa shape index (κ2) is 6.26. The molecule has 0 bridgehead atoms. The number of benzene rings is 1. The minimum atomic E-state index is -0.306. The van der Waals surface area contributed by atoms with Crippen LogP contribution in [0, 0.1) is 5.92 Å². The maximum Gasteiger partial charge on any atom is 0.253 e. The number of nitrogen functional groups attached to an aromatic ring is 1. The summed E-state index contributed by atoms with van der Waals surface area (Å²) in [5.41, 5.74) is 6.50. The number of hydrogen-bond acceptors (Lipinski definition) is 4. The Hall–Kier alpha value is -1.75. The number of nitrogens with two attached hydrogens (primary N) is 1. The van der Waals surface area contributed by atoms with Crippen molar-refractivity contribution in [1.82, 2.24) is 5.32 Å². The summed E-state index contributed by atoms with van der Waals surface area (Å²) in [5.74, 6) is 0.303. The van der Waals surface area contributed by atoms with Crippen LogP contribution in [0.4, 0.5) is 5.69 Å². The first-order valence-corrected chi connectivity index (χ1v) is 5.85. The van der Waals surface area contributed by atoms with Gasteiger partial charge in [0, 0.05) is 0 Å². The Labute approximate surface area is 107 Å². The molecule has 0 fully saturated rings. The third-order valence-corrected chi connectivity index (χ3v) is 2.85. The molecule has 1 atom stereocenters. The van der Waals surface area contributed by atoms with Gasteiger partial charge in [-0.25, -0.2) is 0 Å². The predicted molar refractivity (Wildman–Crippen MR) is 70.6 cm³/mol. The van der Waals surface area contributed by atoms with Crippen molar-refractivity contribution in [3.05, 3.63) is 23.8 Å². The van der Waals surface area contributed by atoms with Crippen molar-refractivity contribution in [2.75, 3.05) is 19.5 Å². The van der Waals surface area contributed by atoms with Crippen molar-refractivity contribution >= 4 is 11.6 Å². The van der Waals surface area contributed by atoms with Crippen molar-refractivity contribution in [3.63, 3.8) is 0 Å². The molecule has 1 aromatic rings. The van der Waals surface area contributed by atoms with Gasteiger partial charge in [-0.3, -0.25) is 4.79 Å². The van der Waals surface area contributed by atoms with Crippen LogP contribution in [0.5, 0.6) is 5.75 Å². The normalized spacial score (nSPS) is 12.3. The van der Waals surface area contributed by atoms with Crippen molar-refractivity contribution in [2.24, 2.45) is 5.92 Å². The Morgan fingerprint density at radius 1 is 1.50 bits per heavy atom. The van der Waals surface area contributed by atoms with Gasteiger partial charge in [0.2, 0.25) is 0 Å². The zero-order chi connectivity index (χ0) is 13.7. The molecule has 0 aliphatic heterocycles. The molecular formula is C13H20N2O3. The van der Waals surface area contributed by atoms with E-state index in [4.69, 9.17) is 10.5 Å². The van der Waals surface area contributed by atoms with E-state index >= 15 is 0 Å². The molecule has 4 N–H and O–H groups in total. The van der Waals surface area contributed by atoms with Gasteiger partial charge in [0.05, 0.1) is 31.0 Å². The van der Waals surface area contributed by atoms with Crippen LogP contribution in [-0.4, -0.2) is 30.8 Å². The number of para-hydroxylation sites is 1. The van der Waals surface area contributed by atoms with Crippen LogP contribution in [0.25, 0.3) is 0 Å². The molecule has 0 unspecified atom stereocenters. The summed E-state index contributed by atoms with van der Waals surface area (Å²) in [6.07, 6.45) is 0. The third-order valence-electron chi connectivity index (χ3n) is 2.85.